The third-order valence-electron chi connectivity index (χ3n) is 5.82. The van der Waals surface area contributed by atoms with Gasteiger partial charge in [-0.05, 0) is 42.8 Å². The molecule has 0 aromatic heterocycles. The maximum Gasteiger partial charge on any atom is 0.242 e. The lowest BCUT2D eigenvalue weighted by Gasteiger charge is -2.41. The minimum atomic E-state index is -0.439. The summed E-state index contributed by atoms with van der Waals surface area (Å²) in [4.78, 5) is 30.1. The summed E-state index contributed by atoms with van der Waals surface area (Å²) in [5, 5.41) is 3.28. The van der Waals surface area contributed by atoms with Crippen LogP contribution in [0.1, 0.15) is 12.5 Å². The van der Waals surface area contributed by atoms with E-state index in [-0.39, 0.29) is 29.4 Å². The fourth-order valence-corrected chi connectivity index (χ4v) is 4.19. The van der Waals surface area contributed by atoms with Crippen molar-refractivity contribution < 1.29 is 14.0 Å². The Morgan fingerprint density at radius 1 is 1.23 bits per heavy atom. The Labute approximate surface area is 180 Å². The van der Waals surface area contributed by atoms with Crippen molar-refractivity contribution in [3.8, 4) is 0 Å². The molecule has 158 valence electrons. The van der Waals surface area contributed by atoms with Crippen LogP contribution in [0, 0.1) is 5.82 Å². The number of carbonyl (C=O) groups excluding carboxylic acids is 2. The number of nitrogens with zero attached hydrogens (tertiary/aromatic N) is 3. The second-order valence-corrected chi connectivity index (χ2v) is 8.21. The highest BCUT2D eigenvalue weighted by atomic mass is 35.5. The second kappa shape index (κ2) is 8.14. The van der Waals surface area contributed by atoms with Gasteiger partial charge < -0.3 is 20.0 Å². The molecule has 2 aliphatic heterocycles. The molecule has 2 aromatic rings. The smallest absolute Gasteiger partial charge is 0.242 e. The second-order valence-electron chi connectivity index (χ2n) is 7.81. The Hall–Kier alpha value is -2.80. The maximum atomic E-state index is 13.8. The average molecular weight is 431 g/mol. The Morgan fingerprint density at radius 3 is 2.77 bits per heavy atom. The number of likely N-dealkylation sites (N-methyl/N-ethyl adjacent to an activating group) is 1. The molecule has 0 radical (unpaired) electrons. The van der Waals surface area contributed by atoms with Crippen LogP contribution in [0.15, 0.2) is 36.4 Å². The van der Waals surface area contributed by atoms with E-state index >= 15 is 0 Å². The minimum Gasteiger partial charge on any atom is -0.376 e. The molecule has 30 heavy (non-hydrogen) atoms. The van der Waals surface area contributed by atoms with Crippen LogP contribution in [-0.2, 0) is 16.0 Å². The molecule has 2 aromatic carbocycles. The molecule has 0 aliphatic carbocycles. The molecular weight excluding hydrogens is 407 g/mol. The quantitative estimate of drug-likeness (QED) is 0.809. The van der Waals surface area contributed by atoms with Crippen LogP contribution in [0.4, 0.5) is 21.5 Å². The Bertz CT molecular complexity index is 999. The van der Waals surface area contributed by atoms with Gasteiger partial charge in [-0.15, -0.1) is 0 Å². The predicted octanol–water partition coefficient (Wildman–Crippen LogP) is 3.15. The molecular formula is C22H24ClFN4O2. The molecule has 1 fully saturated rings. The summed E-state index contributed by atoms with van der Waals surface area (Å²) in [5.74, 6) is -0.356. The monoisotopic (exact) mass is 430 g/mol. The summed E-state index contributed by atoms with van der Waals surface area (Å²) < 4.78 is 13.8. The van der Waals surface area contributed by atoms with Crippen LogP contribution < -0.4 is 15.1 Å². The van der Waals surface area contributed by atoms with E-state index in [0.717, 1.165) is 22.6 Å². The standard InChI is InChI=1S/C22H24ClFN4O2/c1-14-13-27(7-8-28(14)17-5-6-18(23)19(24)11-17)22(30)12-25-16-4-3-15-9-21(29)26(2)20(15)10-16/h3-6,10-11,14,25H,7-9,12-13H2,1-2H3/t14-/m1/s1. The minimum absolute atomic E-state index is 0.00807. The lowest BCUT2D eigenvalue weighted by Crippen LogP contribution is -2.54. The highest BCUT2D eigenvalue weighted by molar-refractivity contribution is 6.30. The van der Waals surface area contributed by atoms with E-state index in [1.165, 1.54) is 6.07 Å². The van der Waals surface area contributed by atoms with Crippen LogP contribution in [0.5, 0.6) is 0 Å². The molecule has 1 atom stereocenters. The molecule has 6 nitrogen and oxygen atoms in total. The summed E-state index contributed by atoms with van der Waals surface area (Å²) in [6.45, 7) is 3.95. The van der Waals surface area contributed by atoms with Gasteiger partial charge in [0, 0.05) is 49.8 Å². The van der Waals surface area contributed by atoms with Crippen molar-refractivity contribution in [1.82, 2.24) is 4.90 Å². The third kappa shape index (κ3) is 3.94. The number of piperazine rings is 1. The lowest BCUT2D eigenvalue weighted by atomic mass is 10.1. The fraction of sp³-hybridized carbons (Fsp3) is 0.364. The van der Waals surface area contributed by atoms with E-state index < -0.39 is 5.82 Å². The first-order chi connectivity index (χ1) is 14.3. The number of nitrogens with one attached hydrogen (secondary N) is 1. The van der Waals surface area contributed by atoms with Gasteiger partial charge in [0.1, 0.15) is 5.82 Å². The van der Waals surface area contributed by atoms with Crippen molar-refractivity contribution in [2.45, 2.75) is 19.4 Å². The summed E-state index contributed by atoms with van der Waals surface area (Å²) in [6.07, 6.45) is 0.421. The summed E-state index contributed by atoms with van der Waals surface area (Å²) >= 11 is 5.78. The van der Waals surface area contributed by atoms with Crippen molar-refractivity contribution in [3.05, 3.63) is 52.8 Å². The number of fused-ring (bicyclic) bond motifs is 1. The van der Waals surface area contributed by atoms with Crippen molar-refractivity contribution in [2.75, 3.05) is 48.3 Å². The van der Waals surface area contributed by atoms with Gasteiger partial charge in [0.15, 0.2) is 0 Å². The van der Waals surface area contributed by atoms with Crippen LogP contribution in [-0.4, -0.2) is 56.0 Å². The zero-order valence-electron chi connectivity index (χ0n) is 17.0. The number of benzene rings is 2. The molecule has 2 amide bonds. The number of rotatable bonds is 4. The molecule has 4 rings (SSSR count). The number of amides is 2. The Balaban J connectivity index is 1.34. The zero-order valence-corrected chi connectivity index (χ0v) is 17.7. The molecule has 1 saturated heterocycles. The molecule has 0 unspecified atom stereocenters. The van der Waals surface area contributed by atoms with E-state index in [2.05, 4.69) is 10.2 Å². The van der Waals surface area contributed by atoms with Gasteiger partial charge in [-0.3, -0.25) is 9.59 Å². The first-order valence-electron chi connectivity index (χ1n) is 9.96. The van der Waals surface area contributed by atoms with E-state index in [9.17, 15) is 14.0 Å². The molecule has 0 bridgehead atoms. The van der Waals surface area contributed by atoms with Gasteiger partial charge in [-0.1, -0.05) is 17.7 Å². The van der Waals surface area contributed by atoms with Gasteiger partial charge in [0.05, 0.1) is 18.0 Å². The van der Waals surface area contributed by atoms with Crippen molar-refractivity contribution in [2.24, 2.45) is 0 Å². The van der Waals surface area contributed by atoms with Gasteiger partial charge in [0.25, 0.3) is 0 Å². The first-order valence-corrected chi connectivity index (χ1v) is 10.3. The van der Waals surface area contributed by atoms with Gasteiger partial charge >= 0.3 is 0 Å². The van der Waals surface area contributed by atoms with E-state index in [1.807, 2.05) is 30.0 Å². The van der Waals surface area contributed by atoms with Gasteiger partial charge in [-0.25, -0.2) is 4.39 Å². The van der Waals surface area contributed by atoms with Crippen molar-refractivity contribution in [1.29, 1.82) is 0 Å². The van der Waals surface area contributed by atoms with Crippen molar-refractivity contribution in [3.63, 3.8) is 0 Å². The van der Waals surface area contributed by atoms with Crippen LogP contribution in [0.2, 0.25) is 5.02 Å². The summed E-state index contributed by atoms with van der Waals surface area (Å²) in [5.41, 5.74) is 3.47. The normalized spacial score (nSPS) is 18.6. The largest absolute Gasteiger partial charge is 0.376 e. The summed E-state index contributed by atoms with van der Waals surface area (Å²) in [6, 6.07) is 10.6. The molecule has 8 heteroatoms. The molecule has 0 spiro atoms. The summed E-state index contributed by atoms with van der Waals surface area (Å²) in [7, 11) is 1.76. The lowest BCUT2D eigenvalue weighted by molar-refractivity contribution is -0.130. The topological polar surface area (TPSA) is 55.9 Å². The first kappa shape index (κ1) is 20.5. The average Bonchev–Trinajstić information content (AvgIpc) is 3.01. The Morgan fingerprint density at radius 2 is 2.03 bits per heavy atom. The number of halogens is 2. The van der Waals surface area contributed by atoms with Gasteiger partial charge in [-0.2, -0.15) is 0 Å². The third-order valence-corrected chi connectivity index (χ3v) is 6.13. The number of anilines is 3. The molecule has 0 saturated carbocycles. The van der Waals surface area contributed by atoms with E-state index in [1.54, 1.807) is 24.1 Å². The van der Waals surface area contributed by atoms with E-state index in [4.69, 9.17) is 11.6 Å². The van der Waals surface area contributed by atoms with E-state index in [0.29, 0.717) is 26.1 Å². The fourth-order valence-electron chi connectivity index (χ4n) is 4.07. The van der Waals surface area contributed by atoms with Crippen LogP contribution in [0.25, 0.3) is 0 Å². The number of hydrogen-bond donors (Lipinski definition) is 1. The Kier molecular flexibility index (Phi) is 5.56. The van der Waals surface area contributed by atoms with Crippen LogP contribution in [0.3, 0.4) is 0 Å². The van der Waals surface area contributed by atoms with Crippen molar-refractivity contribution >= 4 is 40.5 Å². The molecule has 2 heterocycles. The maximum absolute atomic E-state index is 13.8. The SMILES string of the molecule is C[C@@H]1CN(C(=O)CNc2ccc3c(c2)N(C)C(=O)C3)CCN1c1ccc(Cl)c(F)c1. The number of hydrogen-bond acceptors (Lipinski definition) is 4. The highest BCUT2D eigenvalue weighted by Crippen LogP contribution is 2.30. The highest BCUT2D eigenvalue weighted by Gasteiger charge is 2.28. The van der Waals surface area contributed by atoms with Crippen LogP contribution >= 0.6 is 11.6 Å². The molecule has 1 N–H and O–H groups in total. The predicted molar refractivity (Wildman–Crippen MR) is 117 cm³/mol. The van der Waals surface area contributed by atoms with Gasteiger partial charge in [0.2, 0.25) is 11.8 Å². The zero-order chi connectivity index (χ0) is 21.4. The number of carbonyl (C=O) groups is 2. The molecule has 2 aliphatic rings.